The maximum Gasteiger partial charge on any atom is 0.244 e. The smallest absolute Gasteiger partial charge is 0.244 e. The molecule has 1 amide bonds. The molecule has 1 aliphatic rings. The number of nitrogens with one attached hydrogen (secondary N) is 1. The summed E-state index contributed by atoms with van der Waals surface area (Å²) in [5, 5.41) is 2.85. The van der Waals surface area contributed by atoms with Crippen molar-refractivity contribution < 1.29 is 9.59 Å². The summed E-state index contributed by atoms with van der Waals surface area (Å²) >= 11 is 0. The van der Waals surface area contributed by atoms with Gasteiger partial charge in [0.1, 0.15) is 6.54 Å². The fraction of sp³-hybridized carbons (Fsp3) is 0.294. The van der Waals surface area contributed by atoms with Crippen LogP contribution in [0.5, 0.6) is 0 Å². The molecule has 4 nitrogen and oxygen atoms in total. The first-order valence-electron chi connectivity index (χ1n) is 7.29. The van der Waals surface area contributed by atoms with Gasteiger partial charge in [0.25, 0.3) is 0 Å². The summed E-state index contributed by atoms with van der Waals surface area (Å²) in [5.41, 5.74) is 2.65. The number of ketones is 1. The van der Waals surface area contributed by atoms with Gasteiger partial charge in [0.2, 0.25) is 5.91 Å². The van der Waals surface area contributed by atoms with Gasteiger partial charge in [-0.25, -0.2) is 0 Å². The average Bonchev–Trinajstić information content (AvgIpc) is 2.79. The van der Waals surface area contributed by atoms with E-state index in [0.717, 1.165) is 36.1 Å². The van der Waals surface area contributed by atoms with Crippen molar-refractivity contribution in [3.05, 3.63) is 53.9 Å². The number of hydrogen-bond donors (Lipinski definition) is 1. The molecule has 0 atom stereocenters. The van der Waals surface area contributed by atoms with Gasteiger partial charge in [-0.2, -0.15) is 0 Å². The third kappa shape index (κ3) is 3.21. The first kappa shape index (κ1) is 13.6. The van der Waals surface area contributed by atoms with E-state index in [9.17, 15) is 9.59 Å². The molecule has 0 aliphatic heterocycles. The molecular formula is C17H18N2O2. The van der Waals surface area contributed by atoms with E-state index in [4.69, 9.17) is 0 Å². The average molecular weight is 282 g/mol. The van der Waals surface area contributed by atoms with Gasteiger partial charge >= 0.3 is 0 Å². The molecule has 1 heterocycles. The Bertz CT molecular complexity index is 659. The van der Waals surface area contributed by atoms with Gasteiger partial charge in [-0.05, 0) is 37.0 Å². The van der Waals surface area contributed by atoms with Crippen LogP contribution in [-0.2, 0) is 17.8 Å². The van der Waals surface area contributed by atoms with Gasteiger partial charge in [0, 0.05) is 30.1 Å². The Labute approximate surface area is 123 Å². The molecule has 0 radical (unpaired) electrons. The summed E-state index contributed by atoms with van der Waals surface area (Å²) < 4.78 is 1.81. The summed E-state index contributed by atoms with van der Waals surface area (Å²) in [7, 11) is 0. The predicted molar refractivity (Wildman–Crippen MR) is 81.4 cm³/mol. The van der Waals surface area contributed by atoms with Crippen molar-refractivity contribution in [2.45, 2.75) is 32.2 Å². The van der Waals surface area contributed by atoms with Gasteiger partial charge in [0.15, 0.2) is 5.78 Å². The van der Waals surface area contributed by atoms with E-state index in [-0.39, 0.29) is 18.2 Å². The number of carbonyl (C=O) groups is 2. The van der Waals surface area contributed by atoms with Crippen molar-refractivity contribution >= 4 is 17.4 Å². The number of para-hydroxylation sites is 1. The number of carbonyl (C=O) groups excluding carboxylic acids is 2. The zero-order valence-corrected chi connectivity index (χ0v) is 11.8. The number of aromatic nitrogens is 1. The van der Waals surface area contributed by atoms with Crippen LogP contribution in [-0.4, -0.2) is 16.3 Å². The van der Waals surface area contributed by atoms with Gasteiger partial charge in [-0.15, -0.1) is 0 Å². The summed E-state index contributed by atoms with van der Waals surface area (Å²) in [6.07, 6.45) is 7.29. The third-order valence-electron chi connectivity index (χ3n) is 3.75. The van der Waals surface area contributed by atoms with Crippen LogP contribution >= 0.6 is 0 Å². The lowest BCUT2D eigenvalue weighted by Crippen LogP contribution is -2.17. The van der Waals surface area contributed by atoms with Crippen LogP contribution < -0.4 is 5.32 Å². The topological polar surface area (TPSA) is 51.1 Å². The number of nitrogens with zero attached hydrogens (tertiary/aromatic N) is 1. The molecular weight excluding hydrogens is 264 g/mol. The summed E-state index contributed by atoms with van der Waals surface area (Å²) in [6.45, 7) is 0.231. The Morgan fingerprint density at radius 1 is 1.10 bits per heavy atom. The Morgan fingerprint density at radius 3 is 2.67 bits per heavy atom. The molecule has 1 N–H and O–H groups in total. The third-order valence-corrected chi connectivity index (χ3v) is 3.75. The molecule has 0 spiro atoms. The highest BCUT2D eigenvalue weighted by molar-refractivity contribution is 5.98. The maximum atomic E-state index is 12.0. The van der Waals surface area contributed by atoms with E-state index < -0.39 is 0 Å². The summed E-state index contributed by atoms with van der Waals surface area (Å²) in [5.74, 6) is 0.114. The molecule has 1 aliphatic carbocycles. The lowest BCUT2D eigenvalue weighted by Gasteiger charge is -2.05. The summed E-state index contributed by atoms with van der Waals surface area (Å²) in [6, 6.07) is 9.38. The van der Waals surface area contributed by atoms with Crippen molar-refractivity contribution in [3.63, 3.8) is 0 Å². The minimum atomic E-state index is -0.0844. The highest BCUT2D eigenvalue weighted by Gasteiger charge is 2.18. The second-order valence-corrected chi connectivity index (χ2v) is 5.41. The zero-order valence-electron chi connectivity index (χ0n) is 11.8. The van der Waals surface area contributed by atoms with E-state index in [1.165, 1.54) is 0 Å². The van der Waals surface area contributed by atoms with Crippen LogP contribution in [0, 0.1) is 0 Å². The lowest BCUT2D eigenvalue weighted by atomic mass is 10.1. The number of rotatable bonds is 3. The second kappa shape index (κ2) is 5.95. The number of amides is 1. The zero-order chi connectivity index (χ0) is 14.7. The highest BCUT2D eigenvalue weighted by Crippen LogP contribution is 2.21. The Kier molecular flexibility index (Phi) is 3.86. The van der Waals surface area contributed by atoms with E-state index in [2.05, 4.69) is 5.32 Å². The van der Waals surface area contributed by atoms with Crippen LogP contribution in [0.25, 0.3) is 0 Å². The Balaban J connectivity index is 1.69. The van der Waals surface area contributed by atoms with Crippen LogP contribution in [0.15, 0.2) is 42.7 Å². The molecule has 2 aromatic rings. The Hall–Kier alpha value is -2.36. The van der Waals surface area contributed by atoms with Gasteiger partial charge < -0.3 is 9.88 Å². The molecule has 4 heteroatoms. The maximum absolute atomic E-state index is 12.0. The molecule has 1 aromatic carbocycles. The first-order chi connectivity index (χ1) is 10.2. The van der Waals surface area contributed by atoms with E-state index in [0.29, 0.717) is 6.42 Å². The van der Waals surface area contributed by atoms with Crippen LogP contribution in [0.3, 0.4) is 0 Å². The minimum absolute atomic E-state index is 0.0844. The van der Waals surface area contributed by atoms with Crippen LogP contribution in [0.2, 0.25) is 0 Å². The molecule has 21 heavy (non-hydrogen) atoms. The fourth-order valence-corrected chi connectivity index (χ4v) is 2.72. The number of anilines is 1. The standard InChI is InChI=1S/C17H18N2O2/c20-16-9-5-4-6-13-10-19(11-15(13)16)12-17(21)18-14-7-2-1-3-8-14/h1-3,7-8,10-11H,4-6,9,12H2,(H,18,21). The van der Waals surface area contributed by atoms with Crippen LogP contribution in [0.1, 0.15) is 35.2 Å². The van der Waals surface area contributed by atoms with Crippen LogP contribution in [0.4, 0.5) is 5.69 Å². The molecule has 0 saturated heterocycles. The molecule has 0 fully saturated rings. The molecule has 0 bridgehead atoms. The van der Waals surface area contributed by atoms with E-state index >= 15 is 0 Å². The number of hydrogen-bond acceptors (Lipinski definition) is 2. The predicted octanol–water partition coefficient (Wildman–Crippen LogP) is 3.04. The highest BCUT2D eigenvalue weighted by atomic mass is 16.2. The number of aryl methyl sites for hydroxylation is 1. The largest absolute Gasteiger partial charge is 0.344 e. The van der Waals surface area contributed by atoms with E-state index in [1.807, 2.05) is 47.3 Å². The first-order valence-corrected chi connectivity index (χ1v) is 7.29. The Morgan fingerprint density at radius 2 is 1.86 bits per heavy atom. The normalized spacial score (nSPS) is 14.4. The van der Waals surface area contributed by atoms with Gasteiger partial charge in [0.05, 0.1) is 0 Å². The lowest BCUT2D eigenvalue weighted by molar-refractivity contribution is -0.116. The van der Waals surface area contributed by atoms with Crippen molar-refractivity contribution in [1.82, 2.24) is 4.57 Å². The van der Waals surface area contributed by atoms with Crippen molar-refractivity contribution in [3.8, 4) is 0 Å². The number of Topliss-reactive ketones (excluding diaryl/α,β-unsaturated/α-hetero) is 1. The molecule has 0 saturated carbocycles. The molecule has 0 unspecified atom stereocenters. The number of benzene rings is 1. The molecule has 1 aromatic heterocycles. The molecule has 108 valence electrons. The summed E-state index contributed by atoms with van der Waals surface area (Å²) in [4.78, 5) is 24.0. The monoisotopic (exact) mass is 282 g/mol. The molecule has 3 rings (SSSR count). The van der Waals surface area contributed by atoms with Crippen molar-refractivity contribution in [2.75, 3.05) is 5.32 Å². The van der Waals surface area contributed by atoms with Gasteiger partial charge in [-0.3, -0.25) is 9.59 Å². The van der Waals surface area contributed by atoms with Crippen molar-refractivity contribution in [2.24, 2.45) is 0 Å². The van der Waals surface area contributed by atoms with E-state index in [1.54, 1.807) is 0 Å². The minimum Gasteiger partial charge on any atom is -0.344 e. The van der Waals surface area contributed by atoms with Gasteiger partial charge in [-0.1, -0.05) is 18.2 Å². The van der Waals surface area contributed by atoms with Crippen molar-refractivity contribution in [1.29, 1.82) is 0 Å². The second-order valence-electron chi connectivity index (χ2n) is 5.41. The number of fused-ring (bicyclic) bond motifs is 1. The fourth-order valence-electron chi connectivity index (χ4n) is 2.72. The SMILES string of the molecule is O=C(Cn1cc2c(c1)C(=O)CCCC2)Nc1ccccc1. The quantitative estimate of drug-likeness (QED) is 0.880.